The minimum atomic E-state index is -0.431. The molecule has 0 aromatic heterocycles. The van der Waals surface area contributed by atoms with Crippen molar-refractivity contribution in [3.8, 4) is 0 Å². The van der Waals surface area contributed by atoms with E-state index in [4.69, 9.17) is 21.1 Å². The van der Waals surface area contributed by atoms with Crippen LogP contribution in [0.4, 0.5) is 0 Å². The SMILES string of the molecule is C[C@H]1O[C@@H](c2ccc(Cl)cc2)OC[C@H]1NC(=O)Cc1ccccc1. The van der Waals surface area contributed by atoms with Crippen LogP contribution in [0.1, 0.15) is 24.3 Å². The number of hydrogen-bond donors (Lipinski definition) is 1. The van der Waals surface area contributed by atoms with Crippen molar-refractivity contribution in [3.63, 3.8) is 0 Å². The van der Waals surface area contributed by atoms with Crippen LogP contribution in [0.3, 0.4) is 0 Å². The number of carbonyl (C=O) groups is 1. The fourth-order valence-electron chi connectivity index (χ4n) is 2.65. The monoisotopic (exact) mass is 345 g/mol. The van der Waals surface area contributed by atoms with Crippen LogP contribution in [0.25, 0.3) is 0 Å². The number of carbonyl (C=O) groups excluding carboxylic acids is 1. The molecule has 0 radical (unpaired) electrons. The lowest BCUT2D eigenvalue weighted by Crippen LogP contribution is -2.50. The standard InChI is InChI=1S/C19H20ClNO3/c1-13-17(21-18(22)11-14-5-3-2-4-6-14)12-23-19(24-13)15-7-9-16(20)10-8-15/h2-10,13,17,19H,11-12H2,1H3,(H,21,22)/t13-,17-,19+/m1/s1. The average Bonchev–Trinajstić information content (AvgIpc) is 2.58. The van der Waals surface area contributed by atoms with Gasteiger partial charge in [0.1, 0.15) is 0 Å². The van der Waals surface area contributed by atoms with Gasteiger partial charge in [-0.15, -0.1) is 0 Å². The molecule has 2 aromatic carbocycles. The number of amides is 1. The summed E-state index contributed by atoms with van der Waals surface area (Å²) in [5, 5.41) is 3.66. The lowest BCUT2D eigenvalue weighted by Gasteiger charge is -2.35. The van der Waals surface area contributed by atoms with E-state index in [1.165, 1.54) is 0 Å². The molecular formula is C19H20ClNO3. The summed E-state index contributed by atoms with van der Waals surface area (Å²) >= 11 is 5.90. The van der Waals surface area contributed by atoms with Crippen LogP contribution in [0, 0.1) is 0 Å². The summed E-state index contributed by atoms with van der Waals surface area (Å²) in [5.74, 6) is -0.0322. The van der Waals surface area contributed by atoms with Gasteiger partial charge in [0.15, 0.2) is 6.29 Å². The Hall–Kier alpha value is -1.88. The van der Waals surface area contributed by atoms with Crippen molar-refractivity contribution >= 4 is 17.5 Å². The van der Waals surface area contributed by atoms with Crippen molar-refractivity contribution in [2.45, 2.75) is 31.8 Å². The molecule has 1 N–H and O–H groups in total. The number of rotatable bonds is 4. The van der Waals surface area contributed by atoms with Crippen molar-refractivity contribution in [2.24, 2.45) is 0 Å². The molecule has 0 aliphatic carbocycles. The Kier molecular flexibility index (Phi) is 5.51. The Labute approximate surface area is 146 Å². The van der Waals surface area contributed by atoms with Gasteiger partial charge in [0, 0.05) is 10.6 Å². The highest BCUT2D eigenvalue weighted by Crippen LogP contribution is 2.27. The van der Waals surface area contributed by atoms with Crippen LogP contribution in [-0.4, -0.2) is 24.7 Å². The van der Waals surface area contributed by atoms with Crippen molar-refractivity contribution in [2.75, 3.05) is 6.61 Å². The van der Waals surface area contributed by atoms with Crippen LogP contribution < -0.4 is 5.32 Å². The van der Waals surface area contributed by atoms with Crippen LogP contribution in [-0.2, 0) is 20.7 Å². The van der Waals surface area contributed by atoms with Gasteiger partial charge in [-0.2, -0.15) is 0 Å². The van der Waals surface area contributed by atoms with Gasteiger partial charge in [0.2, 0.25) is 5.91 Å². The second-order valence-corrected chi connectivity index (χ2v) is 6.33. The predicted molar refractivity (Wildman–Crippen MR) is 92.8 cm³/mol. The first kappa shape index (κ1) is 17.0. The van der Waals surface area contributed by atoms with Gasteiger partial charge in [0.05, 0.1) is 25.2 Å². The van der Waals surface area contributed by atoms with Gasteiger partial charge < -0.3 is 14.8 Å². The third-order valence-corrected chi connectivity index (χ3v) is 4.28. The zero-order valence-corrected chi connectivity index (χ0v) is 14.2. The van der Waals surface area contributed by atoms with Crippen LogP contribution >= 0.6 is 11.6 Å². The zero-order chi connectivity index (χ0) is 16.9. The minimum absolute atomic E-state index is 0.0322. The van der Waals surface area contributed by atoms with E-state index in [-0.39, 0.29) is 18.1 Å². The first-order valence-corrected chi connectivity index (χ1v) is 8.35. The van der Waals surface area contributed by atoms with Gasteiger partial charge >= 0.3 is 0 Å². The Morgan fingerprint density at radius 2 is 1.88 bits per heavy atom. The number of benzene rings is 2. The Balaban J connectivity index is 1.54. The average molecular weight is 346 g/mol. The summed E-state index contributed by atoms with van der Waals surface area (Å²) in [5.41, 5.74) is 1.90. The number of ether oxygens (including phenoxy) is 2. The second-order valence-electron chi connectivity index (χ2n) is 5.89. The molecule has 24 heavy (non-hydrogen) atoms. The summed E-state index contributed by atoms with van der Waals surface area (Å²) in [7, 11) is 0. The van der Waals surface area contributed by atoms with E-state index in [2.05, 4.69) is 5.32 Å². The van der Waals surface area contributed by atoms with E-state index in [0.29, 0.717) is 18.1 Å². The molecule has 1 fully saturated rings. The molecule has 4 nitrogen and oxygen atoms in total. The van der Waals surface area contributed by atoms with E-state index in [9.17, 15) is 4.79 Å². The molecule has 0 bridgehead atoms. The molecule has 1 heterocycles. The van der Waals surface area contributed by atoms with Crippen LogP contribution in [0.5, 0.6) is 0 Å². The molecule has 126 valence electrons. The summed E-state index contributed by atoms with van der Waals surface area (Å²) in [6.07, 6.45) is -0.219. The second kappa shape index (κ2) is 7.79. The van der Waals surface area contributed by atoms with Crippen LogP contribution in [0.2, 0.25) is 5.02 Å². The van der Waals surface area contributed by atoms with Gasteiger partial charge in [-0.1, -0.05) is 54.1 Å². The van der Waals surface area contributed by atoms with Gasteiger partial charge in [-0.3, -0.25) is 4.79 Å². The van der Waals surface area contributed by atoms with Crippen molar-refractivity contribution in [3.05, 3.63) is 70.7 Å². The van der Waals surface area contributed by atoms with Gasteiger partial charge in [0.25, 0.3) is 0 Å². The molecule has 0 unspecified atom stereocenters. The van der Waals surface area contributed by atoms with E-state index in [1.54, 1.807) is 0 Å². The predicted octanol–water partition coefficient (Wildman–Crippen LogP) is 3.50. The Morgan fingerprint density at radius 3 is 2.54 bits per heavy atom. The van der Waals surface area contributed by atoms with E-state index in [1.807, 2.05) is 61.5 Å². The molecule has 0 spiro atoms. The van der Waals surface area contributed by atoms with E-state index >= 15 is 0 Å². The summed E-state index contributed by atoms with van der Waals surface area (Å²) in [6.45, 7) is 2.36. The summed E-state index contributed by atoms with van der Waals surface area (Å²) < 4.78 is 11.7. The normalized spacial score (nSPS) is 23.7. The Morgan fingerprint density at radius 1 is 1.17 bits per heavy atom. The molecule has 3 rings (SSSR count). The highest BCUT2D eigenvalue weighted by molar-refractivity contribution is 6.30. The third-order valence-electron chi connectivity index (χ3n) is 4.03. The highest BCUT2D eigenvalue weighted by atomic mass is 35.5. The molecule has 3 atom stereocenters. The molecule has 0 saturated carbocycles. The third kappa shape index (κ3) is 4.35. The van der Waals surface area contributed by atoms with Crippen molar-refractivity contribution in [1.82, 2.24) is 5.32 Å². The van der Waals surface area contributed by atoms with Crippen molar-refractivity contribution in [1.29, 1.82) is 0 Å². The summed E-state index contributed by atoms with van der Waals surface area (Å²) in [4.78, 5) is 12.2. The lowest BCUT2D eigenvalue weighted by molar-refractivity contribution is -0.224. The first-order chi connectivity index (χ1) is 11.6. The summed E-state index contributed by atoms with van der Waals surface area (Å²) in [6, 6.07) is 16.9. The van der Waals surface area contributed by atoms with E-state index < -0.39 is 6.29 Å². The molecule has 1 amide bonds. The topological polar surface area (TPSA) is 47.6 Å². The fourth-order valence-corrected chi connectivity index (χ4v) is 2.77. The van der Waals surface area contributed by atoms with E-state index in [0.717, 1.165) is 11.1 Å². The number of nitrogens with one attached hydrogen (secondary N) is 1. The van der Waals surface area contributed by atoms with Gasteiger partial charge in [-0.05, 0) is 24.6 Å². The first-order valence-electron chi connectivity index (χ1n) is 7.97. The maximum atomic E-state index is 12.2. The maximum Gasteiger partial charge on any atom is 0.224 e. The smallest absolute Gasteiger partial charge is 0.224 e. The van der Waals surface area contributed by atoms with Crippen LogP contribution in [0.15, 0.2) is 54.6 Å². The quantitative estimate of drug-likeness (QED) is 0.922. The molecule has 2 aromatic rings. The minimum Gasteiger partial charge on any atom is -0.348 e. The maximum absolute atomic E-state index is 12.2. The molecule has 1 aliphatic rings. The van der Waals surface area contributed by atoms with Gasteiger partial charge in [-0.25, -0.2) is 0 Å². The zero-order valence-electron chi connectivity index (χ0n) is 13.4. The fraction of sp³-hybridized carbons (Fsp3) is 0.316. The highest BCUT2D eigenvalue weighted by Gasteiger charge is 2.30. The molecular weight excluding hydrogens is 326 g/mol. The molecule has 5 heteroatoms. The number of halogens is 1. The molecule has 1 aliphatic heterocycles. The molecule has 1 saturated heterocycles. The lowest BCUT2D eigenvalue weighted by atomic mass is 10.1. The Bertz CT molecular complexity index is 675. The largest absolute Gasteiger partial charge is 0.348 e. The number of hydrogen-bond acceptors (Lipinski definition) is 3. The van der Waals surface area contributed by atoms with Crippen molar-refractivity contribution < 1.29 is 14.3 Å².